The van der Waals surface area contributed by atoms with Crippen LogP contribution in [-0.4, -0.2) is 74.4 Å². The van der Waals surface area contributed by atoms with E-state index in [9.17, 15) is 20.1 Å². The molecule has 2 fully saturated rings. The van der Waals surface area contributed by atoms with Crippen molar-refractivity contribution >= 4 is 5.78 Å². The third kappa shape index (κ3) is 6.64. The summed E-state index contributed by atoms with van der Waals surface area (Å²) in [5.74, 6) is -3.66. The van der Waals surface area contributed by atoms with E-state index in [1.807, 2.05) is 62.3 Å². The van der Waals surface area contributed by atoms with Crippen molar-refractivity contribution in [2.24, 2.45) is 23.7 Å². The Kier molecular flexibility index (Phi) is 11.0. The predicted molar refractivity (Wildman–Crippen MR) is 158 cm³/mol. The van der Waals surface area contributed by atoms with E-state index >= 15 is 0 Å². The van der Waals surface area contributed by atoms with Crippen LogP contribution in [0.25, 0.3) is 0 Å². The zero-order chi connectivity index (χ0) is 31.0. The highest BCUT2D eigenvalue weighted by molar-refractivity contribution is 5.84. The number of carbonyl (C=O) groups excluding carboxylic acids is 1. The number of aliphatic hydroxyl groups is 3. The third-order valence-corrected chi connectivity index (χ3v) is 10.4. The van der Waals surface area contributed by atoms with Crippen LogP contribution in [-0.2, 0) is 23.7 Å². The van der Waals surface area contributed by atoms with Gasteiger partial charge in [0.1, 0.15) is 11.9 Å². The van der Waals surface area contributed by atoms with E-state index in [0.29, 0.717) is 44.9 Å². The first-order valence-electron chi connectivity index (χ1n) is 16.1. The summed E-state index contributed by atoms with van der Waals surface area (Å²) in [4.78, 5) is 13.6. The van der Waals surface area contributed by atoms with Gasteiger partial charge < -0.3 is 34.3 Å². The van der Waals surface area contributed by atoms with Gasteiger partial charge >= 0.3 is 0 Å². The maximum absolute atomic E-state index is 13.6. The van der Waals surface area contributed by atoms with Crippen LogP contribution in [0.1, 0.15) is 114 Å². The molecule has 2 saturated heterocycles. The Morgan fingerprint density at radius 2 is 1.71 bits per heavy atom. The van der Waals surface area contributed by atoms with Gasteiger partial charge in [0.25, 0.3) is 0 Å². The molecule has 0 amide bonds. The van der Waals surface area contributed by atoms with E-state index in [0.717, 1.165) is 0 Å². The van der Waals surface area contributed by atoms with Gasteiger partial charge in [-0.15, -0.1) is 0 Å². The minimum absolute atomic E-state index is 0.00510. The lowest BCUT2D eigenvalue weighted by Gasteiger charge is -2.51. The monoisotopic (exact) mass is 582 g/mol. The molecule has 238 valence electrons. The van der Waals surface area contributed by atoms with Crippen molar-refractivity contribution in [3.63, 3.8) is 0 Å². The molecule has 3 N–H and O–H groups in total. The average Bonchev–Trinajstić information content (AvgIpc) is 3.28. The Bertz CT molecular complexity index is 921. The minimum atomic E-state index is -1.34. The predicted octanol–water partition coefficient (Wildman–Crippen LogP) is 5.30. The molecule has 3 heterocycles. The van der Waals surface area contributed by atoms with Crippen LogP contribution >= 0.6 is 0 Å². The lowest BCUT2D eigenvalue weighted by Crippen LogP contribution is -2.61. The van der Waals surface area contributed by atoms with E-state index in [1.165, 1.54) is 0 Å². The van der Waals surface area contributed by atoms with Gasteiger partial charge in [-0.05, 0) is 70.4 Å². The summed E-state index contributed by atoms with van der Waals surface area (Å²) >= 11 is 0. The Labute approximate surface area is 248 Å². The number of rotatable bonds is 12. The molecule has 0 radical (unpaired) electrons. The van der Waals surface area contributed by atoms with Crippen molar-refractivity contribution in [1.82, 2.24) is 0 Å². The third-order valence-electron chi connectivity index (χ3n) is 10.4. The molecule has 8 heteroatoms. The maximum Gasteiger partial charge on any atom is 0.202 e. The Morgan fingerprint density at radius 3 is 2.22 bits per heavy atom. The van der Waals surface area contributed by atoms with Crippen molar-refractivity contribution in [2.45, 2.75) is 167 Å². The van der Waals surface area contributed by atoms with Crippen LogP contribution < -0.4 is 0 Å². The summed E-state index contributed by atoms with van der Waals surface area (Å²) < 4.78 is 26.8. The number of hydrogen-bond acceptors (Lipinski definition) is 8. The standard InChI is InChI=1S/C33H58O8/c1-11-24(28(36)22(8)25(34)12-2)29(20(4)5)39-32(21(6)7)17-14-26(35)33(41-32)19-18-30(10,40-33)27-15-16-31(37,13-3)23(9)38-27/h14,17,20-27,29,34-35,37H,11-13,15-16,18-19H2,1-10H3. The quantitative estimate of drug-likeness (QED) is 0.266. The largest absolute Gasteiger partial charge is 0.392 e. The zero-order valence-corrected chi connectivity index (χ0v) is 27.2. The van der Waals surface area contributed by atoms with Gasteiger partial charge in [-0.3, -0.25) is 4.79 Å². The molecule has 11 unspecified atom stereocenters. The molecule has 0 aromatic heterocycles. The first kappa shape index (κ1) is 34.6. The highest BCUT2D eigenvalue weighted by Gasteiger charge is 2.61. The normalized spacial score (nSPS) is 40.7. The van der Waals surface area contributed by atoms with Gasteiger partial charge in [-0.25, -0.2) is 0 Å². The van der Waals surface area contributed by atoms with Crippen LogP contribution in [0.15, 0.2) is 12.2 Å². The van der Waals surface area contributed by atoms with Gasteiger partial charge in [0.05, 0.1) is 35.6 Å². The number of carbonyl (C=O) groups is 1. The molecule has 0 aromatic rings. The van der Waals surface area contributed by atoms with Crippen molar-refractivity contribution in [3.05, 3.63) is 12.2 Å². The second-order valence-corrected chi connectivity index (χ2v) is 13.8. The second-order valence-electron chi connectivity index (χ2n) is 13.8. The first-order chi connectivity index (χ1) is 19.0. The van der Waals surface area contributed by atoms with Gasteiger partial charge in [-0.2, -0.15) is 0 Å². The molecule has 1 spiro atoms. The van der Waals surface area contributed by atoms with Crippen LogP contribution in [0.3, 0.4) is 0 Å². The Hall–Kier alpha value is -0.870. The first-order valence-corrected chi connectivity index (χ1v) is 16.1. The molecule has 0 bridgehead atoms. The van der Waals surface area contributed by atoms with E-state index in [-0.39, 0.29) is 29.8 Å². The molecule has 0 aromatic carbocycles. The zero-order valence-electron chi connectivity index (χ0n) is 27.2. The number of aliphatic hydroxyl groups excluding tert-OH is 2. The van der Waals surface area contributed by atoms with Gasteiger partial charge in [-0.1, -0.05) is 55.4 Å². The SMILES string of the molecule is CCC(O)C(C)C(=O)C(CC)C(OC1(C(C)C)C=CC(O)C2(CCC(C)(C3CCC(O)(CC)C(C)O3)O2)O1)C(C)C. The highest BCUT2D eigenvalue weighted by atomic mass is 16.8. The molecular weight excluding hydrogens is 524 g/mol. The number of hydrogen-bond donors (Lipinski definition) is 3. The molecule has 0 saturated carbocycles. The summed E-state index contributed by atoms with van der Waals surface area (Å²) in [5.41, 5.74) is -1.57. The topological polar surface area (TPSA) is 115 Å². The average molecular weight is 583 g/mol. The van der Waals surface area contributed by atoms with Crippen LogP contribution in [0, 0.1) is 23.7 Å². The van der Waals surface area contributed by atoms with E-state index in [2.05, 4.69) is 0 Å². The molecule has 41 heavy (non-hydrogen) atoms. The molecule has 0 aliphatic carbocycles. The van der Waals surface area contributed by atoms with Crippen LogP contribution in [0.4, 0.5) is 0 Å². The van der Waals surface area contributed by atoms with E-state index in [4.69, 9.17) is 18.9 Å². The summed E-state index contributed by atoms with van der Waals surface area (Å²) in [6.07, 6.45) is 4.77. The molecule has 3 aliphatic rings. The summed E-state index contributed by atoms with van der Waals surface area (Å²) in [7, 11) is 0. The van der Waals surface area contributed by atoms with E-state index < -0.39 is 52.9 Å². The number of Topliss-reactive ketones (excluding diaryl/α,β-unsaturated/α-hetero) is 1. The molecule has 11 atom stereocenters. The second kappa shape index (κ2) is 13.0. The molecule has 3 aliphatic heterocycles. The number of ketones is 1. The Balaban J connectivity index is 1.89. The molecular formula is C33H58O8. The van der Waals surface area contributed by atoms with E-state index in [1.54, 1.807) is 19.1 Å². The number of ether oxygens (including phenoxy) is 4. The van der Waals surface area contributed by atoms with Gasteiger partial charge in [0.15, 0.2) is 5.79 Å². The fourth-order valence-electron chi connectivity index (χ4n) is 6.98. The summed E-state index contributed by atoms with van der Waals surface area (Å²) in [6, 6.07) is 0. The highest BCUT2D eigenvalue weighted by Crippen LogP contribution is 2.52. The van der Waals surface area contributed by atoms with Crippen molar-refractivity contribution < 1.29 is 39.1 Å². The smallest absolute Gasteiger partial charge is 0.202 e. The lowest BCUT2D eigenvalue weighted by molar-refractivity contribution is -0.398. The molecule has 8 nitrogen and oxygen atoms in total. The minimum Gasteiger partial charge on any atom is -0.392 e. The summed E-state index contributed by atoms with van der Waals surface area (Å²) in [5, 5.41) is 32.6. The lowest BCUT2D eigenvalue weighted by atomic mass is 9.80. The van der Waals surface area contributed by atoms with Gasteiger partial charge in [0.2, 0.25) is 5.79 Å². The van der Waals surface area contributed by atoms with Crippen LogP contribution in [0.5, 0.6) is 0 Å². The van der Waals surface area contributed by atoms with Crippen molar-refractivity contribution in [2.75, 3.05) is 0 Å². The maximum atomic E-state index is 13.6. The molecule has 3 rings (SSSR count). The Morgan fingerprint density at radius 1 is 1.05 bits per heavy atom. The fraction of sp³-hybridized carbons (Fsp3) is 0.909. The van der Waals surface area contributed by atoms with Crippen molar-refractivity contribution in [1.29, 1.82) is 0 Å². The van der Waals surface area contributed by atoms with Gasteiger partial charge in [0, 0.05) is 24.2 Å². The fourth-order valence-corrected chi connectivity index (χ4v) is 6.98. The van der Waals surface area contributed by atoms with Crippen molar-refractivity contribution in [3.8, 4) is 0 Å². The summed E-state index contributed by atoms with van der Waals surface area (Å²) in [6.45, 7) is 19.6. The van der Waals surface area contributed by atoms with Crippen LogP contribution in [0.2, 0.25) is 0 Å².